The Morgan fingerprint density at radius 1 is 1.18 bits per heavy atom. The molecule has 0 fully saturated rings. The molecule has 0 spiro atoms. The average molecular weight is 390 g/mol. The second-order valence-corrected chi connectivity index (χ2v) is 6.92. The number of benzene rings is 2. The van der Waals surface area contributed by atoms with Crippen LogP contribution in [0.3, 0.4) is 0 Å². The third-order valence-electron chi connectivity index (χ3n) is 4.65. The van der Waals surface area contributed by atoms with Crippen LogP contribution in [0.25, 0.3) is 10.9 Å². The van der Waals surface area contributed by atoms with Gasteiger partial charge in [-0.25, -0.2) is 4.79 Å². The molecule has 3 aromatic rings. The number of nitrogens with one attached hydrogen (secondary N) is 1. The Labute approximate surface area is 187 Å². The molecule has 0 saturated carbocycles. The molecule has 1 aromatic heterocycles. The smallest absolute Gasteiger partial charge is 1.00 e. The van der Waals surface area contributed by atoms with E-state index in [0.29, 0.717) is 18.0 Å². The zero-order chi connectivity index (χ0) is 19.7. The summed E-state index contributed by atoms with van der Waals surface area (Å²) in [5, 5.41) is 22.1. The molecule has 7 heteroatoms. The molecule has 1 amide bonds. The van der Waals surface area contributed by atoms with E-state index in [1.165, 1.54) is 0 Å². The van der Waals surface area contributed by atoms with Gasteiger partial charge in [0.25, 0.3) is 0 Å². The van der Waals surface area contributed by atoms with Gasteiger partial charge >= 0.3 is 41.4 Å². The van der Waals surface area contributed by atoms with Gasteiger partial charge in [0.1, 0.15) is 5.75 Å². The van der Waals surface area contributed by atoms with E-state index in [-0.39, 0.29) is 36.9 Å². The van der Waals surface area contributed by atoms with Crippen molar-refractivity contribution in [2.75, 3.05) is 5.32 Å². The molecule has 0 aliphatic carbocycles. The first-order valence-corrected chi connectivity index (χ1v) is 8.73. The number of fused-ring (bicyclic) bond motifs is 1. The minimum absolute atomic E-state index is 0. The van der Waals surface area contributed by atoms with E-state index in [9.17, 15) is 14.7 Å². The number of carbonyl (C=O) groups excluding carboxylic acids is 1. The van der Waals surface area contributed by atoms with Crippen LogP contribution in [0.15, 0.2) is 42.5 Å². The summed E-state index contributed by atoms with van der Waals surface area (Å²) in [4.78, 5) is 22.4. The SMILES string of the molecule is Cc1cc2c(NC(=O)C(=O)O)cccc2n1Cc1ccc(O)c(C(C)C)c1.[H-].[Na+]. The maximum atomic E-state index is 11.5. The quantitative estimate of drug-likeness (QED) is 0.457. The van der Waals surface area contributed by atoms with E-state index in [0.717, 1.165) is 27.7 Å². The topological polar surface area (TPSA) is 91.6 Å². The summed E-state index contributed by atoms with van der Waals surface area (Å²) in [6, 6.07) is 12.9. The van der Waals surface area contributed by atoms with E-state index in [4.69, 9.17) is 5.11 Å². The molecule has 0 bridgehead atoms. The normalized spacial score (nSPS) is 10.7. The summed E-state index contributed by atoms with van der Waals surface area (Å²) in [5.74, 6) is -2.08. The third kappa shape index (κ3) is 4.41. The van der Waals surface area contributed by atoms with Gasteiger partial charge in [0.05, 0.1) is 11.2 Å². The van der Waals surface area contributed by atoms with E-state index >= 15 is 0 Å². The summed E-state index contributed by atoms with van der Waals surface area (Å²) < 4.78 is 2.10. The Hall–Kier alpha value is -2.28. The van der Waals surface area contributed by atoms with E-state index in [2.05, 4.69) is 9.88 Å². The number of nitrogens with zero attached hydrogens (tertiary/aromatic N) is 1. The van der Waals surface area contributed by atoms with Crippen molar-refractivity contribution in [2.24, 2.45) is 0 Å². The van der Waals surface area contributed by atoms with Gasteiger partial charge in [0.15, 0.2) is 0 Å². The number of phenolic OH excluding ortho intramolecular Hbond substituents is 1. The summed E-state index contributed by atoms with van der Waals surface area (Å²) in [5.41, 5.74) is 4.31. The Morgan fingerprint density at radius 2 is 1.89 bits per heavy atom. The number of hydrogen-bond acceptors (Lipinski definition) is 3. The fourth-order valence-electron chi connectivity index (χ4n) is 3.26. The Morgan fingerprint density at radius 3 is 2.54 bits per heavy atom. The minimum atomic E-state index is -1.52. The minimum Gasteiger partial charge on any atom is -1.00 e. The van der Waals surface area contributed by atoms with Crippen molar-refractivity contribution >= 4 is 28.5 Å². The fourth-order valence-corrected chi connectivity index (χ4v) is 3.26. The molecule has 0 atom stereocenters. The average Bonchev–Trinajstić information content (AvgIpc) is 2.93. The van der Waals surface area contributed by atoms with Crippen LogP contribution in [-0.4, -0.2) is 26.7 Å². The summed E-state index contributed by atoms with van der Waals surface area (Å²) in [6.07, 6.45) is 0. The van der Waals surface area contributed by atoms with Crippen LogP contribution >= 0.6 is 0 Å². The number of anilines is 1. The van der Waals surface area contributed by atoms with Gasteiger partial charge in [-0.1, -0.05) is 32.0 Å². The number of amides is 1. The summed E-state index contributed by atoms with van der Waals surface area (Å²) in [6.45, 7) is 6.64. The van der Waals surface area contributed by atoms with Crippen LogP contribution in [0.5, 0.6) is 5.75 Å². The van der Waals surface area contributed by atoms with Gasteiger partial charge in [0, 0.05) is 17.6 Å². The molecule has 6 nitrogen and oxygen atoms in total. The van der Waals surface area contributed by atoms with Crippen molar-refractivity contribution < 1.29 is 50.8 Å². The van der Waals surface area contributed by atoms with Crippen LogP contribution in [0.2, 0.25) is 0 Å². The van der Waals surface area contributed by atoms with Gasteiger partial charge in [-0.05, 0) is 48.2 Å². The van der Waals surface area contributed by atoms with Crippen molar-refractivity contribution in [2.45, 2.75) is 33.2 Å². The van der Waals surface area contributed by atoms with Gasteiger partial charge in [-0.15, -0.1) is 0 Å². The van der Waals surface area contributed by atoms with Gasteiger partial charge in [0.2, 0.25) is 0 Å². The molecule has 3 rings (SSSR count). The van der Waals surface area contributed by atoms with Crippen molar-refractivity contribution in [1.29, 1.82) is 0 Å². The molecule has 0 radical (unpaired) electrons. The van der Waals surface area contributed by atoms with Crippen molar-refractivity contribution in [1.82, 2.24) is 4.57 Å². The summed E-state index contributed by atoms with van der Waals surface area (Å²) >= 11 is 0. The number of carboxylic acid groups (broad SMARTS) is 1. The van der Waals surface area contributed by atoms with Crippen LogP contribution in [-0.2, 0) is 16.1 Å². The number of aryl methyl sites for hydroxylation is 1. The van der Waals surface area contributed by atoms with E-state index in [1.54, 1.807) is 18.2 Å². The number of carbonyl (C=O) groups is 2. The standard InChI is InChI=1S/C21H22N2O4.Na.H/c1-12(2)15-10-14(7-8-19(15)24)11-23-13(3)9-16-17(5-4-6-18(16)23)22-20(25)21(26)27;;/h4-10,12,24H,11H2,1-3H3,(H,22,25)(H,26,27);;/q;+1;-1. The third-order valence-corrected chi connectivity index (χ3v) is 4.65. The number of carboxylic acids is 1. The maximum absolute atomic E-state index is 11.5. The fraction of sp³-hybridized carbons (Fsp3) is 0.238. The van der Waals surface area contributed by atoms with Crippen molar-refractivity contribution in [3.8, 4) is 5.75 Å². The predicted octanol–water partition coefficient (Wildman–Crippen LogP) is 0.967. The zero-order valence-electron chi connectivity index (χ0n) is 17.5. The first-order valence-electron chi connectivity index (χ1n) is 8.73. The number of aromatic hydroxyl groups is 1. The monoisotopic (exact) mass is 390 g/mol. The van der Waals surface area contributed by atoms with E-state index in [1.807, 2.05) is 45.0 Å². The molecule has 0 saturated heterocycles. The molecule has 2 aromatic carbocycles. The number of phenols is 1. The molecule has 0 unspecified atom stereocenters. The molecule has 1 heterocycles. The van der Waals surface area contributed by atoms with Crippen LogP contribution < -0.4 is 34.9 Å². The predicted molar refractivity (Wildman–Crippen MR) is 105 cm³/mol. The first kappa shape index (κ1) is 22.0. The maximum Gasteiger partial charge on any atom is 1.00 e. The molecular weight excluding hydrogens is 367 g/mol. The molecule has 0 aliphatic rings. The number of aliphatic carboxylic acids is 1. The molecule has 28 heavy (non-hydrogen) atoms. The Kier molecular flexibility index (Phi) is 6.93. The van der Waals surface area contributed by atoms with Gasteiger partial charge in [-0.2, -0.15) is 0 Å². The second-order valence-electron chi connectivity index (χ2n) is 6.92. The number of hydrogen-bond donors (Lipinski definition) is 3. The summed E-state index contributed by atoms with van der Waals surface area (Å²) in [7, 11) is 0. The molecule has 142 valence electrons. The van der Waals surface area contributed by atoms with Gasteiger partial charge < -0.3 is 21.5 Å². The van der Waals surface area contributed by atoms with Crippen molar-refractivity contribution in [3.63, 3.8) is 0 Å². The van der Waals surface area contributed by atoms with Crippen LogP contribution in [0, 0.1) is 6.92 Å². The first-order chi connectivity index (χ1) is 12.8. The second kappa shape index (κ2) is 8.82. The van der Waals surface area contributed by atoms with Crippen LogP contribution in [0.1, 0.15) is 38.0 Å². The Balaban J connectivity index is 0.00000210. The molecule has 3 N–H and O–H groups in total. The molecular formula is C21H23N2NaO4. The van der Waals surface area contributed by atoms with E-state index < -0.39 is 11.9 Å². The zero-order valence-corrected chi connectivity index (χ0v) is 18.5. The molecule has 0 aliphatic heterocycles. The number of aromatic nitrogens is 1. The Bertz CT molecular complexity index is 1050. The van der Waals surface area contributed by atoms with Crippen LogP contribution in [0.4, 0.5) is 5.69 Å². The number of rotatable bonds is 4. The van der Waals surface area contributed by atoms with Crippen molar-refractivity contribution in [3.05, 3.63) is 59.3 Å². The van der Waals surface area contributed by atoms with Gasteiger partial charge in [-0.3, -0.25) is 4.79 Å². The largest absolute Gasteiger partial charge is 1.00 e.